The van der Waals surface area contributed by atoms with Gasteiger partial charge in [-0.3, -0.25) is 0 Å². The molecule has 2 heterocycles. The van der Waals surface area contributed by atoms with Crippen LogP contribution >= 0.6 is 0 Å². The van der Waals surface area contributed by atoms with E-state index in [2.05, 4.69) is 10.0 Å². The van der Waals surface area contributed by atoms with Crippen molar-refractivity contribution in [3.8, 4) is 0 Å². The minimum absolute atomic E-state index is 0.0923. The first-order valence-electron chi connectivity index (χ1n) is 3.54. The average molecular weight is 128 g/mol. The van der Waals surface area contributed by atoms with Crippen LogP contribution in [0.3, 0.4) is 0 Å². The summed E-state index contributed by atoms with van der Waals surface area (Å²) >= 11 is 0. The van der Waals surface area contributed by atoms with Crippen LogP contribution in [0, 0.1) is 0 Å². The van der Waals surface area contributed by atoms with Gasteiger partial charge in [0.1, 0.15) is 0 Å². The molecular weight excluding hydrogens is 116 g/mol. The molecule has 0 aliphatic carbocycles. The summed E-state index contributed by atoms with van der Waals surface area (Å²) in [6.45, 7) is 4.02. The van der Waals surface area contributed by atoms with E-state index in [0.29, 0.717) is 0 Å². The largest absolute Gasteiger partial charge is 0.390 e. The molecule has 2 aliphatic heterocycles. The Balaban J connectivity index is 2.02. The molecule has 0 aromatic heterocycles. The van der Waals surface area contributed by atoms with Gasteiger partial charge >= 0.3 is 0 Å². The first kappa shape index (κ1) is 5.65. The van der Waals surface area contributed by atoms with Gasteiger partial charge in [-0.15, -0.1) is 0 Å². The van der Waals surface area contributed by atoms with Gasteiger partial charge in [0.05, 0.1) is 6.10 Å². The lowest BCUT2D eigenvalue weighted by molar-refractivity contribution is 0.0894. The SMILES string of the molecule is OC1CN2CCCN2C1. The summed E-state index contributed by atoms with van der Waals surface area (Å²) in [5, 5.41) is 13.6. The number of nitrogens with zero attached hydrogens (tertiary/aromatic N) is 2. The van der Waals surface area contributed by atoms with Crippen LogP contribution in [0.15, 0.2) is 0 Å². The van der Waals surface area contributed by atoms with E-state index in [9.17, 15) is 0 Å². The minimum Gasteiger partial charge on any atom is -0.390 e. The fourth-order valence-electron chi connectivity index (χ4n) is 1.68. The highest BCUT2D eigenvalue weighted by molar-refractivity contribution is 4.79. The number of aliphatic hydroxyl groups is 1. The number of aliphatic hydroxyl groups excluding tert-OH is 1. The Kier molecular flexibility index (Phi) is 1.22. The molecular formula is C6H12N2O. The van der Waals surface area contributed by atoms with Gasteiger partial charge in [0.25, 0.3) is 0 Å². The van der Waals surface area contributed by atoms with E-state index in [0.717, 1.165) is 26.2 Å². The van der Waals surface area contributed by atoms with Crippen molar-refractivity contribution in [2.75, 3.05) is 26.2 Å². The predicted octanol–water partition coefficient (Wildman–Crippen LogP) is -0.716. The highest BCUT2D eigenvalue weighted by atomic mass is 16.3. The van der Waals surface area contributed by atoms with Crippen LogP contribution < -0.4 is 0 Å². The van der Waals surface area contributed by atoms with Gasteiger partial charge in [-0.25, -0.2) is 10.0 Å². The van der Waals surface area contributed by atoms with Crippen LogP contribution in [0.1, 0.15) is 6.42 Å². The summed E-state index contributed by atoms with van der Waals surface area (Å²) in [5.41, 5.74) is 0. The number of hydrogen-bond donors (Lipinski definition) is 1. The van der Waals surface area contributed by atoms with E-state index in [1.807, 2.05) is 0 Å². The minimum atomic E-state index is -0.0923. The van der Waals surface area contributed by atoms with Crippen molar-refractivity contribution in [3.63, 3.8) is 0 Å². The van der Waals surface area contributed by atoms with Crippen LogP contribution in [-0.4, -0.2) is 47.4 Å². The summed E-state index contributed by atoms with van der Waals surface area (Å²) in [6.07, 6.45) is 1.18. The molecule has 0 radical (unpaired) electrons. The van der Waals surface area contributed by atoms with Crippen LogP contribution in [0.5, 0.6) is 0 Å². The fraction of sp³-hybridized carbons (Fsp3) is 1.00. The molecule has 0 amide bonds. The van der Waals surface area contributed by atoms with Crippen molar-refractivity contribution >= 4 is 0 Å². The maximum absolute atomic E-state index is 9.15. The molecule has 9 heavy (non-hydrogen) atoms. The van der Waals surface area contributed by atoms with Crippen LogP contribution in [0.2, 0.25) is 0 Å². The molecule has 2 rings (SSSR count). The molecule has 0 atom stereocenters. The van der Waals surface area contributed by atoms with Gasteiger partial charge in [-0.1, -0.05) is 0 Å². The van der Waals surface area contributed by atoms with E-state index < -0.39 is 0 Å². The topological polar surface area (TPSA) is 26.7 Å². The zero-order valence-electron chi connectivity index (χ0n) is 5.45. The third-order valence-electron chi connectivity index (χ3n) is 2.08. The summed E-state index contributed by atoms with van der Waals surface area (Å²) in [7, 11) is 0. The first-order valence-corrected chi connectivity index (χ1v) is 3.54. The quantitative estimate of drug-likeness (QED) is 0.466. The molecule has 0 bridgehead atoms. The molecule has 2 fully saturated rings. The summed E-state index contributed by atoms with van der Waals surface area (Å²) in [6, 6.07) is 0. The fourth-order valence-corrected chi connectivity index (χ4v) is 1.68. The van der Waals surface area contributed by atoms with E-state index in [1.54, 1.807) is 0 Å². The Labute approximate surface area is 54.8 Å². The summed E-state index contributed by atoms with van der Waals surface area (Å²) in [5.74, 6) is 0. The van der Waals surface area contributed by atoms with Crippen molar-refractivity contribution in [2.45, 2.75) is 12.5 Å². The monoisotopic (exact) mass is 128 g/mol. The lowest BCUT2D eigenvalue weighted by atomic mass is 10.3. The normalized spacial score (nSPS) is 31.7. The predicted molar refractivity (Wildman–Crippen MR) is 33.8 cm³/mol. The van der Waals surface area contributed by atoms with Crippen LogP contribution in [0.25, 0.3) is 0 Å². The van der Waals surface area contributed by atoms with Crippen LogP contribution in [-0.2, 0) is 0 Å². The van der Waals surface area contributed by atoms with Crippen LogP contribution in [0.4, 0.5) is 0 Å². The van der Waals surface area contributed by atoms with Gasteiger partial charge in [0.15, 0.2) is 0 Å². The Hall–Kier alpha value is -0.120. The molecule has 3 nitrogen and oxygen atoms in total. The van der Waals surface area contributed by atoms with Gasteiger partial charge in [-0.2, -0.15) is 0 Å². The molecule has 2 saturated heterocycles. The highest BCUT2D eigenvalue weighted by Crippen LogP contribution is 2.16. The highest BCUT2D eigenvalue weighted by Gasteiger charge is 2.31. The molecule has 0 aromatic carbocycles. The van der Waals surface area contributed by atoms with Crippen molar-refractivity contribution in [3.05, 3.63) is 0 Å². The Bertz CT molecular complexity index is 106. The molecule has 3 heteroatoms. The third-order valence-corrected chi connectivity index (χ3v) is 2.08. The molecule has 0 spiro atoms. The number of fused-ring (bicyclic) bond motifs is 1. The molecule has 0 unspecified atom stereocenters. The van der Waals surface area contributed by atoms with Gasteiger partial charge in [-0.05, 0) is 6.42 Å². The molecule has 0 aromatic rings. The Morgan fingerprint density at radius 3 is 2.22 bits per heavy atom. The molecule has 0 saturated carbocycles. The summed E-state index contributed by atoms with van der Waals surface area (Å²) in [4.78, 5) is 0. The van der Waals surface area contributed by atoms with Gasteiger partial charge in [0.2, 0.25) is 0 Å². The third kappa shape index (κ3) is 0.852. The van der Waals surface area contributed by atoms with Crippen molar-refractivity contribution in [1.29, 1.82) is 0 Å². The zero-order chi connectivity index (χ0) is 6.27. The molecule has 2 aliphatic rings. The number of hydrazine groups is 1. The van der Waals surface area contributed by atoms with Crippen molar-refractivity contribution < 1.29 is 5.11 Å². The standard InChI is InChI=1S/C6H12N2O/c9-6-4-7-2-1-3-8(7)5-6/h6,9H,1-5H2. The second-order valence-corrected chi connectivity index (χ2v) is 2.83. The van der Waals surface area contributed by atoms with Gasteiger partial charge in [0, 0.05) is 26.2 Å². The van der Waals surface area contributed by atoms with E-state index in [1.165, 1.54) is 6.42 Å². The smallest absolute Gasteiger partial charge is 0.0822 e. The lowest BCUT2D eigenvalue weighted by Gasteiger charge is -2.15. The Morgan fingerprint density at radius 1 is 1.11 bits per heavy atom. The molecule has 52 valence electrons. The maximum Gasteiger partial charge on any atom is 0.0822 e. The molecule has 1 N–H and O–H groups in total. The van der Waals surface area contributed by atoms with Crippen molar-refractivity contribution in [2.24, 2.45) is 0 Å². The van der Waals surface area contributed by atoms with E-state index in [-0.39, 0.29) is 6.10 Å². The average Bonchev–Trinajstić information content (AvgIpc) is 2.22. The maximum atomic E-state index is 9.15. The van der Waals surface area contributed by atoms with E-state index in [4.69, 9.17) is 5.11 Å². The zero-order valence-corrected chi connectivity index (χ0v) is 5.45. The van der Waals surface area contributed by atoms with Crippen molar-refractivity contribution in [1.82, 2.24) is 10.0 Å². The summed E-state index contributed by atoms with van der Waals surface area (Å²) < 4.78 is 0. The second-order valence-electron chi connectivity index (χ2n) is 2.83. The lowest BCUT2D eigenvalue weighted by Crippen LogP contribution is -2.28. The number of hydrogen-bond acceptors (Lipinski definition) is 3. The first-order chi connectivity index (χ1) is 4.36. The van der Waals surface area contributed by atoms with Gasteiger partial charge < -0.3 is 5.11 Å². The second kappa shape index (κ2) is 1.94. The Morgan fingerprint density at radius 2 is 1.67 bits per heavy atom. The van der Waals surface area contributed by atoms with E-state index >= 15 is 0 Å². The number of rotatable bonds is 0.